The summed E-state index contributed by atoms with van der Waals surface area (Å²) in [5, 5.41) is 0. The number of ether oxygens (including phenoxy) is 1. The van der Waals surface area contributed by atoms with E-state index in [0.717, 1.165) is 5.56 Å². The summed E-state index contributed by atoms with van der Waals surface area (Å²) in [6.07, 6.45) is 0. The van der Waals surface area contributed by atoms with Crippen molar-refractivity contribution in [3.8, 4) is 5.75 Å². The largest absolute Gasteiger partial charge is 0.489 e. The average molecular weight is 296 g/mol. The van der Waals surface area contributed by atoms with E-state index < -0.39 is 0 Å². The molecular formula is C13H11BrFNO. The fraction of sp³-hybridized carbons (Fsp3) is 0.0769. The molecule has 0 heterocycles. The molecule has 0 amide bonds. The second-order valence-corrected chi connectivity index (χ2v) is 4.42. The fourth-order valence-electron chi connectivity index (χ4n) is 1.39. The number of nitrogens with two attached hydrogens (primary N) is 1. The van der Waals surface area contributed by atoms with Gasteiger partial charge in [0.15, 0.2) is 0 Å². The second-order valence-electron chi connectivity index (χ2n) is 3.56. The SMILES string of the molecule is Nc1ccccc1COc1ccc(F)c(Br)c1. The third kappa shape index (κ3) is 2.97. The highest BCUT2D eigenvalue weighted by Gasteiger charge is 2.03. The van der Waals surface area contributed by atoms with E-state index in [4.69, 9.17) is 10.5 Å². The van der Waals surface area contributed by atoms with Crippen molar-refractivity contribution in [3.63, 3.8) is 0 Å². The van der Waals surface area contributed by atoms with Gasteiger partial charge in [-0.05, 0) is 40.2 Å². The molecule has 2 aromatic rings. The van der Waals surface area contributed by atoms with E-state index in [1.54, 1.807) is 12.1 Å². The van der Waals surface area contributed by atoms with Crippen LogP contribution >= 0.6 is 15.9 Å². The van der Waals surface area contributed by atoms with Crippen molar-refractivity contribution in [2.45, 2.75) is 6.61 Å². The molecule has 0 radical (unpaired) electrons. The summed E-state index contributed by atoms with van der Waals surface area (Å²) in [4.78, 5) is 0. The van der Waals surface area contributed by atoms with Crippen molar-refractivity contribution >= 4 is 21.6 Å². The van der Waals surface area contributed by atoms with E-state index in [2.05, 4.69) is 15.9 Å². The fourth-order valence-corrected chi connectivity index (χ4v) is 1.75. The Kier molecular flexibility index (Phi) is 3.64. The second kappa shape index (κ2) is 5.19. The van der Waals surface area contributed by atoms with Crippen LogP contribution in [0, 0.1) is 5.82 Å². The number of hydrogen-bond donors (Lipinski definition) is 1. The third-order valence-corrected chi connectivity index (χ3v) is 2.95. The summed E-state index contributed by atoms with van der Waals surface area (Å²) in [6.45, 7) is 0.366. The van der Waals surface area contributed by atoms with Crippen molar-refractivity contribution in [2.75, 3.05) is 5.73 Å². The summed E-state index contributed by atoms with van der Waals surface area (Å²) in [7, 11) is 0. The molecule has 0 bridgehead atoms. The van der Waals surface area contributed by atoms with E-state index in [1.165, 1.54) is 6.07 Å². The number of benzene rings is 2. The van der Waals surface area contributed by atoms with Crippen molar-refractivity contribution in [1.29, 1.82) is 0 Å². The standard InChI is InChI=1S/C13H11BrFNO/c14-11-7-10(5-6-12(11)15)17-8-9-3-1-2-4-13(9)16/h1-7H,8,16H2. The molecule has 0 unspecified atom stereocenters. The summed E-state index contributed by atoms with van der Waals surface area (Å²) in [5.41, 5.74) is 7.39. The predicted molar refractivity (Wildman–Crippen MR) is 69.3 cm³/mol. The minimum absolute atomic E-state index is 0.309. The summed E-state index contributed by atoms with van der Waals surface area (Å²) in [5.74, 6) is 0.290. The molecule has 0 spiro atoms. The molecule has 2 N–H and O–H groups in total. The van der Waals surface area contributed by atoms with E-state index in [0.29, 0.717) is 22.5 Å². The zero-order valence-electron chi connectivity index (χ0n) is 8.99. The van der Waals surface area contributed by atoms with Gasteiger partial charge in [0, 0.05) is 11.3 Å². The molecule has 0 aliphatic carbocycles. The lowest BCUT2D eigenvalue weighted by Crippen LogP contribution is -1.99. The Morgan fingerprint density at radius 2 is 1.94 bits per heavy atom. The molecule has 88 valence electrons. The van der Waals surface area contributed by atoms with Gasteiger partial charge in [0.1, 0.15) is 18.2 Å². The van der Waals surface area contributed by atoms with Crippen LogP contribution in [-0.2, 0) is 6.61 Å². The maximum absolute atomic E-state index is 13.0. The van der Waals surface area contributed by atoms with Gasteiger partial charge in [0.05, 0.1) is 4.47 Å². The lowest BCUT2D eigenvalue weighted by atomic mass is 10.2. The molecular weight excluding hydrogens is 285 g/mol. The Morgan fingerprint density at radius 1 is 1.18 bits per heavy atom. The number of anilines is 1. The summed E-state index contributed by atoms with van der Waals surface area (Å²) in [6, 6.07) is 12.0. The smallest absolute Gasteiger partial charge is 0.137 e. The van der Waals surface area contributed by atoms with Gasteiger partial charge in [-0.25, -0.2) is 4.39 Å². The molecule has 0 aliphatic heterocycles. The van der Waals surface area contributed by atoms with Gasteiger partial charge in [-0.1, -0.05) is 18.2 Å². The molecule has 0 aromatic heterocycles. The zero-order valence-corrected chi connectivity index (χ0v) is 10.6. The van der Waals surface area contributed by atoms with Gasteiger partial charge in [-0.3, -0.25) is 0 Å². The van der Waals surface area contributed by atoms with Crippen LogP contribution in [0.3, 0.4) is 0 Å². The molecule has 0 atom stereocenters. The van der Waals surface area contributed by atoms with Crippen molar-refractivity contribution in [2.24, 2.45) is 0 Å². The van der Waals surface area contributed by atoms with Crippen LogP contribution in [0.5, 0.6) is 5.75 Å². The van der Waals surface area contributed by atoms with Crippen LogP contribution in [0.4, 0.5) is 10.1 Å². The van der Waals surface area contributed by atoms with Crippen LogP contribution in [0.15, 0.2) is 46.9 Å². The Labute approximate surface area is 107 Å². The van der Waals surface area contributed by atoms with Gasteiger partial charge >= 0.3 is 0 Å². The lowest BCUT2D eigenvalue weighted by Gasteiger charge is -2.08. The van der Waals surface area contributed by atoms with Crippen LogP contribution < -0.4 is 10.5 Å². The highest BCUT2D eigenvalue weighted by atomic mass is 79.9. The van der Waals surface area contributed by atoms with Gasteiger partial charge < -0.3 is 10.5 Å². The minimum atomic E-state index is -0.309. The molecule has 0 fully saturated rings. The maximum atomic E-state index is 13.0. The Morgan fingerprint density at radius 3 is 2.65 bits per heavy atom. The van der Waals surface area contributed by atoms with Crippen molar-refractivity contribution in [3.05, 3.63) is 58.3 Å². The lowest BCUT2D eigenvalue weighted by molar-refractivity contribution is 0.306. The number of nitrogen functional groups attached to an aromatic ring is 1. The van der Waals surface area contributed by atoms with Crippen molar-refractivity contribution < 1.29 is 9.13 Å². The monoisotopic (exact) mass is 295 g/mol. The predicted octanol–water partition coefficient (Wildman–Crippen LogP) is 3.75. The molecule has 2 aromatic carbocycles. The normalized spacial score (nSPS) is 10.2. The van der Waals surface area contributed by atoms with Gasteiger partial charge in [-0.2, -0.15) is 0 Å². The average Bonchev–Trinajstić information content (AvgIpc) is 2.32. The van der Waals surface area contributed by atoms with E-state index in [1.807, 2.05) is 24.3 Å². The van der Waals surface area contributed by atoms with E-state index in [9.17, 15) is 4.39 Å². The Hall–Kier alpha value is -1.55. The van der Waals surface area contributed by atoms with Gasteiger partial charge in [-0.15, -0.1) is 0 Å². The Bertz CT molecular complexity index is 531. The number of rotatable bonds is 3. The Balaban J connectivity index is 2.08. The maximum Gasteiger partial charge on any atom is 0.137 e. The molecule has 4 heteroatoms. The number of para-hydroxylation sites is 1. The minimum Gasteiger partial charge on any atom is -0.489 e. The first-order chi connectivity index (χ1) is 8.16. The number of halogens is 2. The van der Waals surface area contributed by atoms with Gasteiger partial charge in [0.2, 0.25) is 0 Å². The molecule has 0 saturated heterocycles. The highest BCUT2D eigenvalue weighted by molar-refractivity contribution is 9.10. The first-order valence-corrected chi connectivity index (χ1v) is 5.87. The van der Waals surface area contributed by atoms with Crippen LogP contribution in [-0.4, -0.2) is 0 Å². The zero-order chi connectivity index (χ0) is 12.3. The molecule has 2 nitrogen and oxygen atoms in total. The number of hydrogen-bond acceptors (Lipinski definition) is 2. The third-order valence-electron chi connectivity index (χ3n) is 2.34. The summed E-state index contributed by atoms with van der Waals surface area (Å²) >= 11 is 3.11. The molecule has 0 saturated carbocycles. The summed E-state index contributed by atoms with van der Waals surface area (Å²) < 4.78 is 18.9. The van der Waals surface area contributed by atoms with Gasteiger partial charge in [0.25, 0.3) is 0 Å². The quantitative estimate of drug-likeness (QED) is 0.875. The van der Waals surface area contributed by atoms with Crippen LogP contribution in [0.1, 0.15) is 5.56 Å². The molecule has 17 heavy (non-hydrogen) atoms. The van der Waals surface area contributed by atoms with E-state index >= 15 is 0 Å². The van der Waals surface area contributed by atoms with Crippen molar-refractivity contribution in [1.82, 2.24) is 0 Å². The first-order valence-electron chi connectivity index (χ1n) is 5.08. The highest BCUT2D eigenvalue weighted by Crippen LogP contribution is 2.23. The van der Waals surface area contributed by atoms with Crippen LogP contribution in [0.25, 0.3) is 0 Å². The topological polar surface area (TPSA) is 35.2 Å². The molecule has 0 aliphatic rings. The first kappa shape index (κ1) is 11.9. The van der Waals surface area contributed by atoms with Crippen LogP contribution in [0.2, 0.25) is 0 Å². The molecule has 2 rings (SSSR count). The van der Waals surface area contributed by atoms with E-state index in [-0.39, 0.29) is 5.82 Å².